The van der Waals surface area contributed by atoms with Crippen molar-refractivity contribution in [1.29, 1.82) is 0 Å². The lowest BCUT2D eigenvalue weighted by molar-refractivity contribution is -0.121. The van der Waals surface area contributed by atoms with Gasteiger partial charge in [-0.3, -0.25) is 9.59 Å². The molecule has 2 amide bonds. The number of hydrogen-bond acceptors (Lipinski definition) is 4. The van der Waals surface area contributed by atoms with Crippen LogP contribution in [0.3, 0.4) is 0 Å². The lowest BCUT2D eigenvalue weighted by Gasteiger charge is -2.31. The highest BCUT2D eigenvalue weighted by atomic mass is 79.9. The van der Waals surface area contributed by atoms with Gasteiger partial charge in [0.15, 0.2) is 0 Å². The molecule has 0 bridgehead atoms. The van der Waals surface area contributed by atoms with Gasteiger partial charge in [-0.15, -0.1) is 11.3 Å². The molecule has 6 nitrogen and oxygen atoms in total. The number of rotatable bonds is 5. The highest BCUT2D eigenvalue weighted by molar-refractivity contribution is 9.10. The third-order valence-corrected chi connectivity index (χ3v) is 6.76. The Morgan fingerprint density at radius 2 is 1.93 bits per heavy atom. The minimum Gasteiger partial charge on any atom is -0.338 e. The molecule has 0 spiro atoms. The fourth-order valence-corrected chi connectivity index (χ4v) is 4.58. The minimum absolute atomic E-state index is 0.0119. The smallest absolute Gasteiger partial charge is 0.263 e. The maximum atomic E-state index is 12.8. The van der Waals surface area contributed by atoms with E-state index < -0.39 is 0 Å². The molecular weight excluding hydrogens is 452 g/mol. The molecule has 0 saturated carbocycles. The number of anilines is 1. The Hall–Kier alpha value is -2.45. The Morgan fingerprint density at radius 1 is 1.14 bits per heavy atom. The van der Waals surface area contributed by atoms with Crippen molar-refractivity contribution >= 4 is 44.9 Å². The molecule has 1 aliphatic heterocycles. The number of carbonyl (C=O) groups is 2. The van der Waals surface area contributed by atoms with Crippen molar-refractivity contribution in [2.24, 2.45) is 5.92 Å². The van der Waals surface area contributed by atoms with Crippen LogP contribution in [0.2, 0.25) is 0 Å². The van der Waals surface area contributed by atoms with Crippen LogP contribution < -0.4 is 5.32 Å². The third-order valence-electron chi connectivity index (χ3n) is 5.13. The molecule has 4 rings (SSSR count). The van der Waals surface area contributed by atoms with E-state index in [1.54, 1.807) is 10.9 Å². The maximum absolute atomic E-state index is 12.8. The highest BCUT2D eigenvalue weighted by Crippen LogP contribution is 2.23. The fraction of sp³-hybridized carbons (Fsp3) is 0.286. The van der Waals surface area contributed by atoms with Crippen LogP contribution in [-0.2, 0) is 11.3 Å². The first-order chi connectivity index (χ1) is 14.1. The quantitative estimate of drug-likeness (QED) is 0.603. The number of nitrogens with one attached hydrogen (secondary N) is 1. The number of thiophene rings is 1. The second-order valence-corrected chi connectivity index (χ2v) is 8.80. The molecule has 1 aliphatic rings. The highest BCUT2D eigenvalue weighted by Gasteiger charge is 2.28. The fourth-order valence-electron chi connectivity index (χ4n) is 3.48. The van der Waals surface area contributed by atoms with Crippen molar-refractivity contribution in [2.45, 2.75) is 19.4 Å². The van der Waals surface area contributed by atoms with Crippen LogP contribution in [0, 0.1) is 5.92 Å². The Bertz CT molecular complexity index is 994. The van der Waals surface area contributed by atoms with E-state index >= 15 is 0 Å². The van der Waals surface area contributed by atoms with Crippen LogP contribution in [-0.4, -0.2) is 39.6 Å². The standard InChI is InChI=1S/C21H21BrN4O2S/c22-17-5-2-1-4-16(17)14-26-19(7-10-23-26)24-20(27)15-8-11-25(12-9-15)21(28)18-6-3-13-29-18/h1-7,10,13,15H,8-9,11-12,14H2,(H,24,27). The van der Waals surface area contributed by atoms with E-state index in [9.17, 15) is 9.59 Å². The second kappa shape index (κ2) is 8.92. The largest absolute Gasteiger partial charge is 0.338 e. The predicted molar refractivity (Wildman–Crippen MR) is 117 cm³/mol. The van der Waals surface area contributed by atoms with E-state index in [1.807, 2.05) is 52.7 Å². The van der Waals surface area contributed by atoms with Gasteiger partial charge in [-0.1, -0.05) is 40.2 Å². The lowest BCUT2D eigenvalue weighted by Crippen LogP contribution is -2.41. The average Bonchev–Trinajstić information content (AvgIpc) is 3.42. The summed E-state index contributed by atoms with van der Waals surface area (Å²) >= 11 is 5.01. The van der Waals surface area contributed by atoms with E-state index in [0.717, 1.165) is 14.9 Å². The number of carbonyl (C=O) groups excluding carboxylic acids is 2. The van der Waals surface area contributed by atoms with E-state index in [-0.39, 0.29) is 17.7 Å². The summed E-state index contributed by atoms with van der Waals surface area (Å²) in [7, 11) is 0. The lowest BCUT2D eigenvalue weighted by atomic mass is 9.96. The van der Waals surface area contributed by atoms with Crippen LogP contribution >= 0.6 is 27.3 Å². The molecule has 0 radical (unpaired) electrons. The molecule has 29 heavy (non-hydrogen) atoms. The number of piperidine rings is 1. The summed E-state index contributed by atoms with van der Waals surface area (Å²) in [6.07, 6.45) is 3.03. The number of halogens is 1. The zero-order chi connectivity index (χ0) is 20.2. The summed E-state index contributed by atoms with van der Waals surface area (Å²) in [5, 5.41) is 9.27. The summed E-state index contributed by atoms with van der Waals surface area (Å²) in [5.74, 6) is 0.629. The monoisotopic (exact) mass is 472 g/mol. The zero-order valence-electron chi connectivity index (χ0n) is 15.8. The average molecular weight is 473 g/mol. The van der Waals surface area contributed by atoms with Crippen LogP contribution in [0.5, 0.6) is 0 Å². The van der Waals surface area contributed by atoms with Gasteiger partial charge in [0.05, 0.1) is 17.6 Å². The van der Waals surface area contributed by atoms with Crippen molar-refractivity contribution < 1.29 is 9.59 Å². The predicted octanol–water partition coefficient (Wildman–Crippen LogP) is 4.25. The van der Waals surface area contributed by atoms with Crippen molar-refractivity contribution in [3.63, 3.8) is 0 Å². The van der Waals surface area contributed by atoms with Crippen LogP contribution in [0.25, 0.3) is 0 Å². The molecule has 8 heteroatoms. The Kier molecular flexibility index (Phi) is 6.10. The SMILES string of the molecule is O=C(Nc1ccnn1Cc1ccccc1Br)C1CCN(C(=O)c2cccs2)CC1. The summed E-state index contributed by atoms with van der Waals surface area (Å²) in [4.78, 5) is 27.8. The van der Waals surface area contributed by atoms with E-state index in [2.05, 4.69) is 26.3 Å². The van der Waals surface area contributed by atoms with Gasteiger partial charge in [-0.05, 0) is 35.9 Å². The van der Waals surface area contributed by atoms with Crippen molar-refractivity contribution in [2.75, 3.05) is 18.4 Å². The molecule has 1 saturated heterocycles. The number of likely N-dealkylation sites (tertiary alicyclic amines) is 1. The van der Waals surface area contributed by atoms with Gasteiger partial charge in [0.2, 0.25) is 5.91 Å². The summed E-state index contributed by atoms with van der Waals surface area (Å²) < 4.78 is 2.79. The number of amides is 2. The van der Waals surface area contributed by atoms with Gasteiger partial charge >= 0.3 is 0 Å². The van der Waals surface area contributed by atoms with Crippen molar-refractivity contribution in [3.8, 4) is 0 Å². The molecule has 3 aromatic rings. The number of aromatic nitrogens is 2. The maximum Gasteiger partial charge on any atom is 0.263 e. The van der Waals surface area contributed by atoms with Crippen LogP contribution in [0.1, 0.15) is 28.1 Å². The normalized spacial score (nSPS) is 14.7. The van der Waals surface area contributed by atoms with Crippen LogP contribution in [0.4, 0.5) is 5.82 Å². The van der Waals surface area contributed by atoms with Crippen molar-refractivity contribution in [1.82, 2.24) is 14.7 Å². The minimum atomic E-state index is -0.103. The van der Waals surface area contributed by atoms with Gasteiger partial charge in [-0.2, -0.15) is 5.10 Å². The molecule has 0 atom stereocenters. The molecule has 150 valence electrons. The molecule has 1 N–H and O–H groups in total. The number of hydrogen-bond donors (Lipinski definition) is 1. The molecule has 1 fully saturated rings. The first-order valence-electron chi connectivity index (χ1n) is 9.50. The first kappa shape index (κ1) is 19.8. The van der Waals surface area contributed by atoms with Crippen molar-refractivity contribution in [3.05, 3.63) is 69.0 Å². The van der Waals surface area contributed by atoms with Gasteiger partial charge < -0.3 is 10.2 Å². The molecule has 2 aromatic heterocycles. The number of nitrogens with zero attached hydrogens (tertiary/aromatic N) is 3. The molecule has 0 aliphatic carbocycles. The number of benzene rings is 1. The topological polar surface area (TPSA) is 67.2 Å². The van der Waals surface area contributed by atoms with Gasteiger partial charge in [0, 0.05) is 29.5 Å². The molecule has 0 unspecified atom stereocenters. The summed E-state index contributed by atoms with van der Waals surface area (Å²) in [5.41, 5.74) is 1.09. The van der Waals surface area contributed by atoms with E-state index in [1.165, 1.54) is 11.3 Å². The Balaban J connectivity index is 1.35. The molecule has 1 aromatic carbocycles. The van der Waals surface area contributed by atoms with E-state index in [0.29, 0.717) is 38.3 Å². The van der Waals surface area contributed by atoms with Gasteiger partial charge in [0.1, 0.15) is 5.82 Å². The Morgan fingerprint density at radius 3 is 2.66 bits per heavy atom. The molecule has 3 heterocycles. The van der Waals surface area contributed by atoms with Gasteiger partial charge in [-0.25, -0.2) is 4.68 Å². The summed E-state index contributed by atoms with van der Waals surface area (Å²) in [6.45, 7) is 1.77. The Labute approximate surface area is 181 Å². The van der Waals surface area contributed by atoms with Crippen LogP contribution in [0.15, 0.2) is 58.5 Å². The third kappa shape index (κ3) is 4.59. The van der Waals surface area contributed by atoms with Gasteiger partial charge in [0.25, 0.3) is 5.91 Å². The second-order valence-electron chi connectivity index (χ2n) is 7.00. The summed E-state index contributed by atoms with van der Waals surface area (Å²) in [6, 6.07) is 13.5. The van der Waals surface area contributed by atoms with E-state index in [4.69, 9.17) is 0 Å². The molecular formula is C21H21BrN4O2S. The zero-order valence-corrected chi connectivity index (χ0v) is 18.2. The first-order valence-corrected chi connectivity index (χ1v) is 11.2.